The Labute approximate surface area is 123 Å². The van der Waals surface area contributed by atoms with Crippen LogP contribution in [-0.2, 0) is 10.0 Å². The van der Waals surface area contributed by atoms with Gasteiger partial charge in [-0.2, -0.15) is 0 Å². The number of benzene rings is 1. The number of nitrogens with zero attached hydrogens (tertiary/aromatic N) is 1. The Hall–Kier alpha value is -1.51. The number of aryl methyl sites for hydroxylation is 1. The lowest BCUT2D eigenvalue weighted by atomic mass is 10.1. The van der Waals surface area contributed by atoms with Crippen LogP contribution in [0.4, 0.5) is 5.69 Å². The summed E-state index contributed by atoms with van der Waals surface area (Å²) in [6.45, 7) is 4.43. The highest BCUT2D eigenvalue weighted by Gasteiger charge is 2.29. The number of nitro groups is 1. The van der Waals surface area contributed by atoms with Crippen LogP contribution in [-0.4, -0.2) is 32.5 Å². The highest BCUT2D eigenvalue weighted by molar-refractivity contribution is 7.89. The Morgan fingerprint density at radius 3 is 2.71 bits per heavy atom. The zero-order chi connectivity index (χ0) is 15.6. The SMILES string of the molecule is Cc1ccc([N+](=O)[O-])c(S(=O)(=O)NCC2CCCN2)c1C. The van der Waals surface area contributed by atoms with Gasteiger partial charge in [0.15, 0.2) is 4.90 Å². The van der Waals surface area contributed by atoms with E-state index in [1.54, 1.807) is 19.9 Å². The van der Waals surface area contributed by atoms with Gasteiger partial charge in [0.25, 0.3) is 5.69 Å². The minimum atomic E-state index is -3.91. The molecule has 1 heterocycles. The minimum absolute atomic E-state index is 0.0870. The third-order valence-electron chi connectivity index (χ3n) is 3.80. The molecule has 0 bridgehead atoms. The van der Waals surface area contributed by atoms with Crippen LogP contribution in [0.15, 0.2) is 17.0 Å². The Balaban J connectivity index is 2.34. The smallest absolute Gasteiger partial charge is 0.289 e. The Morgan fingerprint density at radius 1 is 1.43 bits per heavy atom. The summed E-state index contributed by atoms with van der Waals surface area (Å²) in [5.74, 6) is 0. The van der Waals surface area contributed by atoms with Gasteiger partial charge in [0.05, 0.1) is 4.92 Å². The summed E-state index contributed by atoms with van der Waals surface area (Å²) in [6.07, 6.45) is 1.91. The van der Waals surface area contributed by atoms with Gasteiger partial charge in [0.1, 0.15) is 0 Å². The molecule has 1 unspecified atom stereocenters. The quantitative estimate of drug-likeness (QED) is 0.629. The Morgan fingerprint density at radius 2 is 2.14 bits per heavy atom. The summed E-state index contributed by atoms with van der Waals surface area (Å²) < 4.78 is 27.4. The third-order valence-corrected chi connectivity index (χ3v) is 5.40. The van der Waals surface area contributed by atoms with Crippen LogP contribution in [0.3, 0.4) is 0 Å². The van der Waals surface area contributed by atoms with Crippen LogP contribution in [0.25, 0.3) is 0 Å². The highest BCUT2D eigenvalue weighted by atomic mass is 32.2. The monoisotopic (exact) mass is 313 g/mol. The summed E-state index contributed by atoms with van der Waals surface area (Å²) in [5.41, 5.74) is 0.737. The van der Waals surface area contributed by atoms with Gasteiger partial charge in [-0.3, -0.25) is 10.1 Å². The summed E-state index contributed by atoms with van der Waals surface area (Å²) in [5, 5.41) is 14.3. The Bertz CT molecular complexity index is 652. The van der Waals surface area contributed by atoms with Crippen molar-refractivity contribution in [1.29, 1.82) is 0 Å². The molecule has 0 spiro atoms. The van der Waals surface area contributed by atoms with Crippen LogP contribution in [0.5, 0.6) is 0 Å². The van der Waals surface area contributed by atoms with Crippen LogP contribution < -0.4 is 10.0 Å². The van der Waals surface area contributed by atoms with Crippen molar-refractivity contribution in [2.75, 3.05) is 13.1 Å². The van der Waals surface area contributed by atoms with Crippen molar-refractivity contribution in [2.24, 2.45) is 0 Å². The molecular weight excluding hydrogens is 294 g/mol. The van der Waals surface area contributed by atoms with E-state index >= 15 is 0 Å². The number of nitrogens with one attached hydrogen (secondary N) is 2. The summed E-state index contributed by atoms with van der Waals surface area (Å²) in [7, 11) is -3.91. The second kappa shape index (κ2) is 6.08. The first-order valence-corrected chi connectivity index (χ1v) is 8.29. The zero-order valence-corrected chi connectivity index (χ0v) is 12.9. The molecule has 21 heavy (non-hydrogen) atoms. The maximum absolute atomic E-state index is 12.4. The molecule has 7 nitrogen and oxygen atoms in total. The molecule has 116 valence electrons. The molecular formula is C13H19N3O4S. The molecule has 1 aliphatic rings. The van der Waals surface area contributed by atoms with Gasteiger partial charge in [0.2, 0.25) is 10.0 Å². The lowest BCUT2D eigenvalue weighted by Gasteiger charge is -2.14. The second-order valence-corrected chi connectivity index (χ2v) is 6.96. The van der Waals surface area contributed by atoms with Gasteiger partial charge in [-0.1, -0.05) is 6.07 Å². The molecule has 0 amide bonds. The summed E-state index contributed by atoms with van der Waals surface area (Å²) in [4.78, 5) is 10.2. The fourth-order valence-corrected chi connectivity index (χ4v) is 4.02. The fraction of sp³-hybridized carbons (Fsp3) is 0.538. The lowest BCUT2D eigenvalue weighted by molar-refractivity contribution is -0.387. The molecule has 0 aromatic heterocycles. The lowest BCUT2D eigenvalue weighted by Crippen LogP contribution is -2.37. The van der Waals surface area contributed by atoms with Gasteiger partial charge in [-0.25, -0.2) is 13.1 Å². The molecule has 8 heteroatoms. The van der Waals surface area contributed by atoms with E-state index in [1.165, 1.54) is 6.07 Å². The maximum atomic E-state index is 12.4. The predicted molar refractivity (Wildman–Crippen MR) is 78.8 cm³/mol. The largest absolute Gasteiger partial charge is 0.313 e. The fourth-order valence-electron chi connectivity index (χ4n) is 2.47. The maximum Gasteiger partial charge on any atom is 0.289 e. The van der Waals surface area contributed by atoms with Crippen LogP contribution in [0, 0.1) is 24.0 Å². The van der Waals surface area contributed by atoms with Gasteiger partial charge in [-0.15, -0.1) is 0 Å². The van der Waals surface area contributed by atoms with E-state index in [2.05, 4.69) is 10.0 Å². The van der Waals surface area contributed by atoms with Crippen molar-refractivity contribution in [3.63, 3.8) is 0 Å². The summed E-state index contributed by atoms with van der Waals surface area (Å²) >= 11 is 0. The predicted octanol–water partition coefficient (Wildman–Crippen LogP) is 1.24. The zero-order valence-electron chi connectivity index (χ0n) is 12.0. The van der Waals surface area contributed by atoms with E-state index in [4.69, 9.17) is 0 Å². The molecule has 1 fully saturated rings. The topological polar surface area (TPSA) is 101 Å². The van der Waals surface area contributed by atoms with E-state index in [0.29, 0.717) is 11.1 Å². The first-order valence-electron chi connectivity index (χ1n) is 6.80. The van der Waals surface area contributed by atoms with Gasteiger partial charge >= 0.3 is 0 Å². The minimum Gasteiger partial charge on any atom is -0.313 e. The van der Waals surface area contributed by atoms with Gasteiger partial charge < -0.3 is 5.32 Å². The van der Waals surface area contributed by atoms with Crippen LogP contribution in [0.1, 0.15) is 24.0 Å². The standard InChI is InChI=1S/C13H19N3O4S/c1-9-5-6-12(16(17)18)13(10(9)2)21(19,20)15-8-11-4-3-7-14-11/h5-6,11,14-15H,3-4,7-8H2,1-2H3. The molecule has 1 aromatic rings. The van der Waals surface area contributed by atoms with Crippen molar-refractivity contribution in [2.45, 2.75) is 37.6 Å². The van der Waals surface area contributed by atoms with Crippen molar-refractivity contribution >= 4 is 15.7 Å². The van der Waals surface area contributed by atoms with Gasteiger partial charge in [0, 0.05) is 18.7 Å². The van der Waals surface area contributed by atoms with E-state index in [0.717, 1.165) is 19.4 Å². The molecule has 1 aromatic carbocycles. The molecule has 2 rings (SSSR count). The molecule has 0 radical (unpaired) electrons. The van der Waals surface area contributed by atoms with Crippen LogP contribution in [0.2, 0.25) is 0 Å². The van der Waals surface area contributed by atoms with Gasteiger partial charge in [-0.05, 0) is 44.4 Å². The number of sulfonamides is 1. The number of hydrogen-bond acceptors (Lipinski definition) is 5. The summed E-state index contributed by atoms with van der Waals surface area (Å²) in [6, 6.07) is 2.89. The van der Waals surface area contributed by atoms with E-state index in [1.807, 2.05) is 0 Å². The normalized spacial score (nSPS) is 18.9. The molecule has 0 saturated carbocycles. The van der Waals surface area contributed by atoms with E-state index in [9.17, 15) is 18.5 Å². The highest BCUT2D eigenvalue weighted by Crippen LogP contribution is 2.29. The van der Waals surface area contributed by atoms with Crippen molar-refractivity contribution in [1.82, 2.24) is 10.0 Å². The second-order valence-electron chi connectivity index (χ2n) is 5.26. The third kappa shape index (κ3) is 3.39. The number of nitro benzene ring substituents is 1. The Kier molecular flexibility index (Phi) is 4.60. The van der Waals surface area contributed by atoms with Crippen molar-refractivity contribution in [3.8, 4) is 0 Å². The van der Waals surface area contributed by atoms with Crippen molar-refractivity contribution in [3.05, 3.63) is 33.4 Å². The average Bonchev–Trinajstić information content (AvgIpc) is 2.92. The average molecular weight is 313 g/mol. The molecule has 1 saturated heterocycles. The van der Waals surface area contributed by atoms with Crippen LogP contribution >= 0.6 is 0 Å². The molecule has 1 atom stereocenters. The molecule has 0 aliphatic carbocycles. The van der Waals surface area contributed by atoms with E-state index in [-0.39, 0.29) is 23.2 Å². The molecule has 1 aliphatic heterocycles. The van der Waals surface area contributed by atoms with Crippen molar-refractivity contribution < 1.29 is 13.3 Å². The number of hydrogen-bond donors (Lipinski definition) is 2. The van der Waals surface area contributed by atoms with E-state index < -0.39 is 14.9 Å². The molecule has 2 N–H and O–H groups in total. The first kappa shape index (κ1) is 15.9. The first-order chi connectivity index (χ1) is 9.83. The number of rotatable bonds is 5.